The van der Waals surface area contributed by atoms with Gasteiger partial charge in [0.1, 0.15) is 5.82 Å². The van der Waals surface area contributed by atoms with Crippen LogP contribution in [0.1, 0.15) is 13.3 Å². The first-order valence-corrected chi connectivity index (χ1v) is 5.87. The number of carbonyl (C=O) groups is 1. The van der Waals surface area contributed by atoms with Crippen LogP contribution in [-0.4, -0.2) is 47.3 Å². The maximum absolute atomic E-state index is 11.2. The average Bonchev–Trinajstić information content (AvgIpc) is 2.73. The fourth-order valence-corrected chi connectivity index (χ4v) is 1.59. The van der Waals surface area contributed by atoms with Gasteiger partial charge in [0.2, 0.25) is 5.91 Å². The molecule has 1 aromatic heterocycles. The number of likely N-dealkylation sites (N-methyl/N-ethyl adjacent to an activating group) is 2. The highest BCUT2D eigenvalue weighted by atomic mass is 16.1. The summed E-state index contributed by atoms with van der Waals surface area (Å²) in [5.41, 5.74) is 5.52. The molecule has 1 heterocycles. The SMILES string of the molecule is CCN(CCCn1ccc(N)n1)CC(=O)NC. The van der Waals surface area contributed by atoms with E-state index in [9.17, 15) is 4.79 Å². The first kappa shape index (κ1) is 13.5. The van der Waals surface area contributed by atoms with E-state index in [1.54, 1.807) is 13.1 Å². The van der Waals surface area contributed by atoms with Crippen LogP contribution < -0.4 is 11.1 Å². The zero-order valence-electron chi connectivity index (χ0n) is 10.5. The van der Waals surface area contributed by atoms with Gasteiger partial charge in [0.15, 0.2) is 0 Å². The van der Waals surface area contributed by atoms with Gasteiger partial charge in [-0.3, -0.25) is 14.4 Å². The molecule has 1 rings (SSSR count). The van der Waals surface area contributed by atoms with Crippen LogP contribution in [-0.2, 0) is 11.3 Å². The van der Waals surface area contributed by atoms with E-state index in [0.29, 0.717) is 12.4 Å². The number of aromatic nitrogens is 2. The first-order valence-electron chi connectivity index (χ1n) is 5.87. The van der Waals surface area contributed by atoms with Gasteiger partial charge >= 0.3 is 0 Å². The molecule has 0 bridgehead atoms. The minimum absolute atomic E-state index is 0.0511. The Morgan fingerprint density at radius 2 is 2.41 bits per heavy atom. The molecule has 0 atom stereocenters. The molecule has 0 radical (unpaired) electrons. The molecule has 0 spiro atoms. The molecule has 0 aromatic carbocycles. The summed E-state index contributed by atoms with van der Waals surface area (Å²) < 4.78 is 1.82. The third kappa shape index (κ3) is 4.86. The van der Waals surface area contributed by atoms with Gasteiger partial charge < -0.3 is 11.1 Å². The van der Waals surface area contributed by atoms with E-state index in [1.807, 2.05) is 10.9 Å². The Kier molecular flexibility index (Phi) is 5.48. The summed E-state index contributed by atoms with van der Waals surface area (Å²) in [6.45, 7) is 5.07. The monoisotopic (exact) mass is 239 g/mol. The predicted molar refractivity (Wildman–Crippen MR) is 67.4 cm³/mol. The van der Waals surface area contributed by atoms with E-state index in [-0.39, 0.29) is 5.91 Å². The summed E-state index contributed by atoms with van der Waals surface area (Å²) in [5, 5.41) is 6.73. The zero-order chi connectivity index (χ0) is 12.7. The van der Waals surface area contributed by atoms with Crippen LogP contribution in [0.5, 0.6) is 0 Å². The lowest BCUT2D eigenvalue weighted by atomic mass is 10.3. The van der Waals surface area contributed by atoms with Gasteiger partial charge in [0.25, 0.3) is 0 Å². The third-order valence-corrected chi connectivity index (χ3v) is 2.62. The van der Waals surface area contributed by atoms with Crippen molar-refractivity contribution in [1.29, 1.82) is 0 Å². The van der Waals surface area contributed by atoms with Gasteiger partial charge in [-0.2, -0.15) is 5.10 Å². The zero-order valence-corrected chi connectivity index (χ0v) is 10.5. The Bertz CT molecular complexity index is 349. The van der Waals surface area contributed by atoms with Gasteiger partial charge in [-0.05, 0) is 19.0 Å². The first-order chi connectivity index (χ1) is 8.15. The standard InChI is InChI=1S/C11H21N5O/c1-3-15(9-11(17)13-2)6-4-7-16-8-5-10(12)14-16/h5,8H,3-4,6-7,9H2,1-2H3,(H2,12,14)(H,13,17). The number of nitrogens with zero attached hydrogens (tertiary/aromatic N) is 3. The molecule has 17 heavy (non-hydrogen) atoms. The lowest BCUT2D eigenvalue weighted by Gasteiger charge is -2.18. The van der Waals surface area contributed by atoms with Crippen LogP contribution in [0.15, 0.2) is 12.3 Å². The molecule has 3 N–H and O–H groups in total. The number of nitrogens with two attached hydrogens (primary N) is 1. The molecule has 1 aromatic rings. The summed E-state index contributed by atoms with van der Waals surface area (Å²) in [4.78, 5) is 13.3. The van der Waals surface area contributed by atoms with Crippen LogP contribution in [0.4, 0.5) is 5.82 Å². The van der Waals surface area contributed by atoms with Crippen molar-refractivity contribution in [3.63, 3.8) is 0 Å². The quantitative estimate of drug-likeness (QED) is 0.698. The molecule has 96 valence electrons. The van der Waals surface area contributed by atoms with Crippen LogP contribution >= 0.6 is 0 Å². The molecule has 0 aliphatic heterocycles. The number of anilines is 1. The summed E-state index contributed by atoms with van der Waals surface area (Å²) in [5.74, 6) is 0.595. The topological polar surface area (TPSA) is 76.2 Å². The second-order valence-electron chi connectivity index (χ2n) is 3.90. The summed E-state index contributed by atoms with van der Waals surface area (Å²) >= 11 is 0. The van der Waals surface area contributed by atoms with Crippen molar-refractivity contribution in [1.82, 2.24) is 20.0 Å². The number of nitrogen functional groups attached to an aromatic ring is 1. The van der Waals surface area contributed by atoms with Crippen molar-refractivity contribution in [2.75, 3.05) is 32.4 Å². The van der Waals surface area contributed by atoms with E-state index < -0.39 is 0 Å². The number of nitrogens with one attached hydrogen (secondary N) is 1. The maximum Gasteiger partial charge on any atom is 0.233 e. The van der Waals surface area contributed by atoms with Gasteiger partial charge in [-0.25, -0.2) is 0 Å². The van der Waals surface area contributed by atoms with Crippen LogP contribution in [0, 0.1) is 0 Å². The fourth-order valence-electron chi connectivity index (χ4n) is 1.59. The molecule has 0 saturated heterocycles. The summed E-state index contributed by atoms with van der Waals surface area (Å²) in [6, 6.07) is 1.78. The normalized spacial score (nSPS) is 10.8. The Morgan fingerprint density at radius 3 is 2.94 bits per heavy atom. The summed E-state index contributed by atoms with van der Waals surface area (Å²) in [6.07, 6.45) is 2.82. The van der Waals surface area contributed by atoms with E-state index in [2.05, 4.69) is 22.2 Å². The minimum atomic E-state index is 0.0511. The second-order valence-corrected chi connectivity index (χ2v) is 3.90. The lowest BCUT2D eigenvalue weighted by Crippen LogP contribution is -2.36. The number of carbonyl (C=O) groups excluding carboxylic acids is 1. The number of hydrogen-bond donors (Lipinski definition) is 2. The Hall–Kier alpha value is -1.56. The van der Waals surface area contributed by atoms with Crippen molar-refractivity contribution in [2.24, 2.45) is 0 Å². The van der Waals surface area contributed by atoms with Crippen molar-refractivity contribution < 1.29 is 4.79 Å². The largest absolute Gasteiger partial charge is 0.382 e. The van der Waals surface area contributed by atoms with Crippen LogP contribution in [0.2, 0.25) is 0 Å². The molecule has 6 heteroatoms. The van der Waals surface area contributed by atoms with Crippen molar-refractivity contribution in [3.05, 3.63) is 12.3 Å². The van der Waals surface area contributed by atoms with Gasteiger partial charge in [-0.1, -0.05) is 6.92 Å². The third-order valence-electron chi connectivity index (χ3n) is 2.62. The Labute approximate surface area is 102 Å². The van der Waals surface area contributed by atoms with Gasteiger partial charge in [0, 0.05) is 26.3 Å². The van der Waals surface area contributed by atoms with E-state index in [4.69, 9.17) is 5.73 Å². The lowest BCUT2D eigenvalue weighted by molar-refractivity contribution is -0.121. The molecule has 0 saturated carbocycles. The second kappa shape index (κ2) is 6.90. The van der Waals surface area contributed by atoms with E-state index >= 15 is 0 Å². The molecule has 6 nitrogen and oxygen atoms in total. The Balaban J connectivity index is 2.26. The molecular formula is C11H21N5O. The molecule has 0 fully saturated rings. The van der Waals surface area contributed by atoms with E-state index in [1.165, 1.54) is 0 Å². The number of rotatable bonds is 7. The van der Waals surface area contributed by atoms with Gasteiger partial charge in [0.05, 0.1) is 6.54 Å². The Morgan fingerprint density at radius 1 is 1.65 bits per heavy atom. The highest BCUT2D eigenvalue weighted by Gasteiger charge is 2.07. The van der Waals surface area contributed by atoms with E-state index in [0.717, 1.165) is 26.1 Å². The molecular weight excluding hydrogens is 218 g/mol. The fraction of sp³-hybridized carbons (Fsp3) is 0.636. The summed E-state index contributed by atoms with van der Waals surface area (Å²) in [7, 11) is 1.66. The maximum atomic E-state index is 11.2. The van der Waals surface area contributed by atoms with Crippen molar-refractivity contribution in [3.8, 4) is 0 Å². The average molecular weight is 239 g/mol. The van der Waals surface area contributed by atoms with Gasteiger partial charge in [-0.15, -0.1) is 0 Å². The minimum Gasteiger partial charge on any atom is -0.382 e. The van der Waals surface area contributed by atoms with Crippen molar-refractivity contribution in [2.45, 2.75) is 19.9 Å². The highest BCUT2D eigenvalue weighted by Crippen LogP contribution is 1.98. The smallest absolute Gasteiger partial charge is 0.233 e. The number of aryl methyl sites for hydroxylation is 1. The predicted octanol–water partition coefficient (Wildman–Crippen LogP) is -0.0767. The van der Waals surface area contributed by atoms with Crippen LogP contribution in [0.3, 0.4) is 0 Å². The molecule has 1 amide bonds. The molecule has 0 aliphatic carbocycles. The molecule has 0 aliphatic rings. The van der Waals surface area contributed by atoms with Crippen molar-refractivity contribution >= 4 is 11.7 Å². The number of amides is 1. The highest BCUT2D eigenvalue weighted by molar-refractivity contribution is 5.77. The van der Waals surface area contributed by atoms with Crippen LogP contribution in [0.25, 0.3) is 0 Å². The number of hydrogen-bond acceptors (Lipinski definition) is 4. The molecule has 0 unspecified atom stereocenters.